The second-order valence-electron chi connectivity index (χ2n) is 4.94. The van der Waals surface area contributed by atoms with Gasteiger partial charge in [-0.05, 0) is 48.7 Å². The van der Waals surface area contributed by atoms with Crippen LogP contribution in [0.1, 0.15) is 28.4 Å². The first-order chi connectivity index (χ1) is 10.3. The minimum atomic E-state index is -3.75. The summed E-state index contributed by atoms with van der Waals surface area (Å²) < 4.78 is 27.2. The van der Waals surface area contributed by atoms with Gasteiger partial charge in [-0.1, -0.05) is 25.1 Å². The number of carbonyl (C=O) groups is 1. The van der Waals surface area contributed by atoms with Crippen LogP contribution in [0.2, 0.25) is 0 Å². The van der Waals surface area contributed by atoms with Crippen molar-refractivity contribution in [2.24, 2.45) is 0 Å². The summed E-state index contributed by atoms with van der Waals surface area (Å²) >= 11 is 0. The van der Waals surface area contributed by atoms with Crippen LogP contribution >= 0.6 is 0 Å². The van der Waals surface area contributed by atoms with Crippen LogP contribution in [0.4, 0.5) is 5.69 Å². The predicted molar refractivity (Wildman–Crippen MR) is 84.8 cm³/mol. The van der Waals surface area contributed by atoms with Crippen LogP contribution in [0.25, 0.3) is 0 Å². The Kier molecular flexibility index (Phi) is 4.51. The van der Waals surface area contributed by atoms with E-state index in [2.05, 4.69) is 4.72 Å². The fourth-order valence-electron chi connectivity index (χ4n) is 1.97. The molecule has 2 aromatic rings. The lowest BCUT2D eigenvalue weighted by Crippen LogP contribution is -2.14. The molecule has 2 rings (SSSR count). The number of carboxylic acids is 1. The molecule has 0 fully saturated rings. The molecule has 0 aromatic heterocycles. The van der Waals surface area contributed by atoms with E-state index in [1.54, 1.807) is 25.1 Å². The van der Waals surface area contributed by atoms with Crippen molar-refractivity contribution >= 4 is 21.7 Å². The minimum Gasteiger partial charge on any atom is -0.478 e. The molecule has 0 amide bonds. The molecule has 0 radical (unpaired) electrons. The van der Waals surface area contributed by atoms with Crippen LogP contribution in [0.15, 0.2) is 47.4 Å². The van der Waals surface area contributed by atoms with E-state index >= 15 is 0 Å². The first-order valence-corrected chi connectivity index (χ1v) is 8.27. The molecule has 2 aromatic carbocycles. The molecule has 0 saturated heterocycles. The molecule has 2 N–H and O–H groups in total. The second kappa shape index (κ2) is 6.19. The Bertz CT molecular complexity index is 795. The highest BCUT2D eigenvalue weighted by atomic mass is 32.2. The van der Waals surface area contributed by atoms with Gasteiger partial charge in [0.05, 0.1) is 16.1 Å². The number of hydrogen-bond acceptors (Lipinski definition) is 3. The number of aromatic carboxylic acids is 1. The third kappa shape index (κ3) is 3.46. The fourth-order valence-corrected chi connectivity index (χ4v) is 3.09. The van der Waals surface area contributed by atoms with E-state index in [-0.39, 0.29) is 16.1 Å². The van der Waals surface area contributed by atoms with E-state index in [4.69, 9.17) is 5.11 Å². The van der Waals surface area contributed by atoms with Crippen molar-refractivity contribution < 1.29 is 18.3 Å². The molecule has 22 heavy (non-hydrogen) atoms. The van der Waals surface area contributed by atoms with E-state index in [9.17, 15) is 13.2 Å². The Labute approximate surface area is 129 Å². The molecule has 0 spiro atoms. The topological polar surface area (TPSA) is 83.5 Å². The van der Waals surface area contributed by atoms with Gasteiger partial charge in [-0.25, -0.2) is 13.2 Å². The zero-order chi connectivity index (χ0) is 16.3. The van der Waals surface area contributed by atoms with Crippen LogP contribution in [-0.2, 0) is 16.4 Å². The van der Waals surface area contributed by atoms with Crippen LogP contribution in [0, 0.1) is 6.92 Å². The van der Waals surface area contributed by atoms with Gasteiger partial charge in [-0.2, -0.15) is 0 Å². The molecule has 0 saturated carbocycles. The van der Waals surface area contributed by atoms with Crippen molar-refractivity contribution in [3.05, 3.63) is 59.2 Å². The van der Waals surface area contributed by atoms with Gasteiger partial charge in [0.15, 0.2) is 0 Å². The maximum absolute atomic E-state index is 12.4. The van der Waals surface area contributed by atoms with E-state index in [0.29, 0.717) is 5.56 Å². The van der Waals surface area contributed by atoms with E-state index in [0.717, 1.165) is 12.0 Å². The monoisotopic (exact) mass is 319 g/mol. The Morgan fingerprint density at radius 2 is 1.77 bits per heavy atom. The molecule has 0 aliphatic carbocycles. The Hall–Kier alpha value is -2.34. The summed E-state index contributed by atoms with van der Waals surface area (Å²) in [6.07, 6.45) is 0.827. The maximum atomic E-state index is 12.4. The molecule has 116 valence electrons. The summed E-state index contributed by atoms with van der Waals surface area (Å²) in [5, 5.41) is 9.00. The zero-order valence-electron chi connectivity index (χ0n) is 12.3. The van der Waals surface area contributed by atoms with Crippen molar-refractivity contribution in [3.8, 4) is 0 Å². The summed E-state index contributed by atoms with van der Waals surface area (Å²) in [5.74, 6) is -1.10. The smallest absolute Gasteiger partial charge is 0.335 e. The van der Waals surface area contributed by atoms with Gasteiger partial charge < -0.3 is 5.11 Å². The Morgan fingerprint density at radius 1 is 1.14 bits per heavy atom. The molecule has 0 heterocycles. The Balaban J connectivity index is 2.35. The molecular formula is C16H17NO4S. The normalized spacial score (nSPS) is 11.2. The van der Waals surface area contributed by atoms with Gasteiger partial charge in [-0.15, -0.1) is 0 Å². The second-order valence-corrected chi connectivity index (χ2v) is 6.62. The first-order valence-electron chi connectivity index (χ1n) is 6.79. The standard InChI is InChI=1S/C16H17NO4S/c1-3-12-5-8-14(9-6-12)22(20,21)17-15-10-13(16(18)19)7-4-11(15)2/h4-10,17H,3H2,1-2H3,(H,18,19). The third-order valence-electron chi connectivity index (χ3n) is 3.37. The highest BCUT2D eigenvalue weighted by Gasteiger charge is 2.16. The van der Waals surface area contributed by atoms with E-state index in [1.165, 1.54) is 24.3 Å². The number of rotatable bonds is 5. The molecule has 0 aliphatic rings. The number of sulfonamides is 1. The van der Waals surface area contributed by atoms with Crippen LogP contribution in [-0.4, -0.2) is 19.5 Å². The number of carboxylic acid groups (broad SMARTS) is 1. The lowest BCUT2D eigenvalue weighted by atomic mass is 10.1. The average Bonchev–Trinajstić information content (AvgIpc) is 2.49. The lowest BCUT2D eigenvalue weighted by molar-refractivity contribution is 0.0697. The highest BCUT2D eigenvalue weighted by molar-refractivity contribution is 7.92. The molecule has 6 heteroatoms. The Morgan fingerprint density at radius 3 is 2.32 bits per heavy atom. The van der Waals surface area contributed by atoms with Crippen molar-refractivity contribution in [1.82, 2.24) is 0 Å². The number of aryl methyl sites for hydroxylation is 2. The largest absolute Gasteiger partial charge is 0.478 e. The third-order valence-corrected chi connectivity index (χ3v) is 4.75. The SMILES string of the molecule is CCc1ccc(S(=O)(=O)Nc2cc(C(=O)O)ccc2C)cc1. The summed E-state index contributed by atoms with van der Waals surface area (Å²) in [4.78, 5) is 11.1. The van der Waals surface area contributed by atoms with Gasteiger partial charge in [-0.3, -0.25) is 4.72 Å². The van der Waals surface area contributed by atoms with Crippen LogP contribution < -0.4 is 4.72 Å². The van der Waals surface area contributed by atoms with Gasteiger partial charge in [0.25, 0.3) is 10.0 Å². The quantitative estimate of drug-likeness (QED) is 0.887. The number of hydrogen-bond donors (Lipinski definition) is 2. The molecule has 0 unspecified atom stereocenters. The summed E-state index contributed by atoms with van der Waals surface area (Å²) in [6.45, 7) is 3.70. The zero-order valence-corrected chi connectivity index (χ0v) is 13.1. The average molecular weight is 319 g/mol. The lowest BCUT2D eigenvalue weighted by Gasteiger charge is -2.11. The molecule has 0 atom stereocenters. The molecule has 0 aliphatic heterocycles. The minimum absolute atomic E-state index is 0.0321. The highest BCUT2D eigenvalue weighted by Crippen LogP contribution is 2.21. The van der Waals surface area contributed by atoms with Crippen molar-refractivity contribution in [2.75, 3.05) is 4.72 Å². The number of benzene rings is 2. The molecular weight excluding hydrogens is 302 g/mol. The van der Waals surface area contributed by atoms with Crippen molar-refractivity contribution in [3.63, 3.8) is 0 Å². The maximum Gasteiger partial charge on any atom is 0.335 e. The van der Waals surface area contributed by atoms with Gasteiger partial charge in [0, 0.05) is 0 Å². The summed E-state index contributed by atoms with van der Waals surface area (Å²) in [7, 11) is -3.75. The summed E-state index contributed by atoms with van der Waals surface area (Å²) in [5.41, 5.74) is 1.99. The molecule has 5 nitrogen and oxygen atoms in total. The van der Waals surface area contributed by atoms with Crippen molar-refractivity contribution in [1.29, 1.82) is 0 Å². The first kappa shape index (κ1) is 16.0. The van der Waals surface area contributed by atoms with Gasteiger partial charge in [0.1, 0.15) is 0 Å². The van der Waals surface area contributed by atoms with Crippen LogP contribution in [0.3, 0.4) is 0 Å². The number of nitrogens with one attached hydrogen (secondary N) is 1. The van der Waals surface area contributed by atoms with E-state index < -0.39 is 16.0 Å². The van der Waals surface area contributed by atoms with Crippen molar-refractivity contribution in [2.45, 2.75) is 25.2 Å². The number of anilines is 1. The van der Waals surface area contributed by atoms with Gasteiger partial charge in [0.2, 0.25) is 0 Å². The van der Waals surface area contributed by atoms with E-state index in [1.807, 2.05) is 6.92 Å². The predicted octanol–water partition coefficient (Wildman–Crippen LogP) is 3.06. The fraction of sp³-hybridized carbons (Fsp3) is 0.188. The van der Waals surface area contributed by atoms with Gasteiger partial charge >= 0.3 is 5.97 Å². The molecule has 0 bridgehead atoms. The summed E-state index contributed by atoms with van der Waals surface area (Å²) in [6, 6.07) is 10.9. The van der Waals surface area contributed by atoms with Crippen LogP contribution in [0.5, 0.6) is 0 Å².